The fourth-order valence-corrected chi connectivity index (χ4v) is 2.37. The lowest BCUT2D eigenvalue weighted by molar-refractivity contribution is 0.166. The van der Waals surface area contributed by atoms with Gasteiger partial charge in [-0.25, -0.2) is 0 Å². The van der Waals surface area contributed by atoms with E-state index in [0.29, 0.717) is 6.54 Å². The van der Waals surface area contributed by atoms with Gasteiger partial charge in [-0.1, -0.05) is 42.0 Å². The van der Waals surface area contributed by atoms with Crippen LogP contribution in [0.25, 0.3) is 0 Å². The standard InChI is InChI=1S/C18H23NO2/c1-13-9-10-18(21-3)16(11-13)17(20)12-19-14(2)15-7-5-4-6-8-15/h4-11,14,17,19-20H,12H2,1-3H3/t14-,17?/m1/s1. The fraction of sp³-hybridized carbons (Fsp3) is 0.333. The molecule has 1 unspecified atom stereocenters. The van der Waals surface area contributed by atoms with Crippen LogP contribution >= 0.6 is 0 Å². The molecule has 0 aliphatic heterocycles. The van der Waals surface area contributed by atoms with Gasteiger partial charge in [-0.05, 0) is 31.5 Å². The van der Waals surface area contributed by atoms with E-state index in [1.54, 1.807) is 7.11 Å². The van der Waals surface area contributed by atoms with Crippen LogP contribution in [-0.4, -0.2) is 18.8 Å². The van der Waals surface area contributed by atoms with Crippen LogP contribution in [-0.2, 0) is 0 Å². The monoisotopic (exact) mass is 285 g/mol. The van der Waals surface area contributed by atoms with Crippen molar-refractivity contribution in [2.75, 3.05) is 13.7 Å². The summed E-state index contributed by atoms with van der Waals surface area (Å²) in [4.78, 5) is 0. The highest BCUT2D eigenvalue weighted by Gasteiger charge is 2.15. The van der Waals surface area contributed by atoms with Crippen molar-refractivity contribution in [1.29, 1.82) is 0 Å². The van der Waals surface area contributed by atoms with Crippen LogP contribution in [0, 0.1) is 6.92 Å². The number of hydrogen-bond donors (Lipinski definition) is 2. The molecule has 2 aromatic rings. The van der Waals surface area contributed by atoms with Gasteiger partial charge >= 0.3 is 0 Å². The Labute approximate surface area is 126 Å². The van der Waals surface area contributed by atoms with E-state index in [9.17, 15) is 5.11 Å². The summed E-state index contributed by atoms with van der Waals surface area (Å²) in [6.45, 7) is 4.58. The van der Waals surface area contributed by atoms with Crippen LogP contribution in [0.5, 0.6) is 5.75 Å². The molecule has 0 amide bonds. The third-order valence-electron chi connectivity index (χ3n) is 3.66. The third-order valence-corrected chi connectivity index (χ3v) is 3.66. The summed E-state index contributed by atoms with van der Waals surface area (Å²) in [5.74, 6) is 0.724. The molecular formula is C18H23NO2. The molecule has 21 heavy (non-hydrogen) atoms. The highest BCUT2D eigenvalue weighted by molar-refractivity contribution is 5.38. The molecule has 2 atom stereocenters. The van der Waals surface area contributed by atoms with Crippen molar-refractivity contribution in [3.63, 3.8) is 0 Å². The smallest absolute Gasteiger partial charge is 0.124 e. The number of hydrogen-bond acceptors (Lipinski definition) is 3. The SMILES string of the molecule is COc1ccc(C)cc1C(O)CN[C@H](C)c1ccccc1. The summed E-state index contributed by atoms with van der Waals surface area (Å²) in [6.07, 6.45) is -0.592. The topological polar surface area (TPSA) is 41.5 Å². The van der Waals surface area contributed by atoms with Gasteiger partial charge in [0.25, 0.3) is 0 Å². The minimum Gasteiger partial charge on any atom is -0.496 e. The number of benzene rings is 2. The number of rotatable bonds is 6. The van der Waals surface area contributed by atoms with E-state index in [4.69, 9.17) is 4.74 Å². The fourth-order valence-electron chi connectivity index (χ4n) is 2.37. The van der Waals surface area contributed by atoms with Crippen molar-refractivity contribution in [2.24, 2.45) is 0 Å². The molecule has 2 aromatic carbocycles. The van der Waals surface area contributed by atoms with Crippen LogP contribution < -0.4 is 10.1 Å². The van der Waals surface area contributed by atoms with Crippen LogP contribution in [0.2, 0.25) is 0 Å². The lowest BCUT2D eigenvalue weighted by atomic mass is 10.0. The summed E-state index contributed by atoms with van der Waals surface area (Å²) in [6, 6.07) is 16.2. The van der Waals surface area contributed by atoms with E-state index >= 15 is 0 Å². The molecule has 0 heterocycles. The Balaban J connectivity index is 2.02. The van der Waals surface area contributed by atoms with Gasteiger partial charge in [0, 0.05) is 18.2 Å². The molecule has 0 saturated heterocycles. The first-order chi connectivity index (χ1) is 10.1. The van der Waals surface area contributed by atoms with Crippen molar-refractivity contribution >= 4 is 0 Å². The number of aliphatic hydroxyl groups excluding tert-OH is 1. The minimum absolute atomic E-state index is 0.191. The predicted octanol–water partition coefficient (Wildman–Crippen LogP) is 3.39. The van der Waals surface area contributed by atoms with E-state index in [-0.39, 0.29) is 6.04 Å². The maximum absolute atomic E-state index is 10.4. The quantitative estimate of drug-likeness (QED) is 0.855. The van der Waals surface area contributed by atoms with Crippen molar-refractivity contribution < 1.29 is 9.84 Å². The molecule has 0 aliphatic rings. The summed E-state index contributed by atoms with van der Waals surface area (Å²) in [5, 5.41) is 13.8. The summed E-state index contributed by atoms with van der Waals surface area (Å²) in [7, 11) is 1.63. The normalized spacial score (nSPS) is 13.7. The van der Waals surface area contributed by atoms with Crippen LogP contribution in [0.3, 0.4) is 0 Å². The Morgan fingerprint density at radius 2 is 1.86 bits per heavy atom. The zero-order valence-corrected chi connectivity index (χ0v) is 12.8. The Hall–Kier alpha value is -1.84. The van der Waals surface area contributed by atoms with Crippen LogP contribution in [0.4, 0.5) is 0 Å². The molecule has 0 spiro atoms. The number of aliphatic hydroxyl groups is 1. The Morgan fingerprint density at radius 3 is 2.52 bits per heavy atom. The largest absolute Gasteiger partial charge is 0.496 e. The van der Waals surface area contributed by atoms with E-state index in [1.165, 1.54) is 5.56 Å². The molecule has 0 aliphatic carbocycles. The second kappa shape index (κ2) is 7.25. The second-order valence-electron chi connectivity index (χ2n) is 5.30. The molecule has 0 aromatic heterocycles. The first kappa shape index (κ1) is 15.5. The molecule has 2 N–H and O–H groups in total. The zero-order valence-electron chi connectivity index (χ0n) is 12.8. The van der Waals surface area contributed by atoms with Gasteiger partial charge in [0.1, 0.15) is 5.75 Å². The number of methoxy groups -OCH3 is 1. The second-order valence-corrected chi connectivity index (χ2v) is 5.30. The van der Waals surface area contributed by atoms with Crippen molar-refractivity contribution in [3.05, 3.63) is 65.2 Å². The average Bonchev–Trinajstić information content (AvgIpc) is 2.53. The van der Waals surface area contributed by atoms with Crippen molar-refractivity contribution in [3.8, 4) is 5.75 Å². The molecule has 112 valence electrons. The summed E-state index contributed by atoms with van der Waals surface area (Å²) < 4.78 is 5.33. The minimum atomic E-state index is -0.592. The third kappa shape index (κ3) is 4.06. The maximum atomic E-state index is 10.4. The Bertz CT molecular complexity index is 569. The number of ether oxygens (including phenoxy) is 1. The maximum Gasteiger partial charge on any atom is 0.124 e. The first-order valence-electron chi connectivity index (χ1n) is 7.22. The van der Waals surface area contributed by atoms with Crippen molar-refractivity contribution in [1.82, 2.24) is 5.32 Å². The highest BCUT2D eigenvalue weighted by atomic mass is 16.5. The number of aryl methyl sites for hydroxylation is 1. The van der Waals surface area contributed by atoms with Gasteiger partial charge < -0.3 is 15.2 Å². The molecule has 0 fully saturated rings. The molecule has 0 bridgehead atoms. The van der Waals surface area contributed by atoms with Gasteiger partial charge in [0.2, 0.25) is 0 Å². The summed E-state index contributed by atoms with van der Waals surface area (Å²) >= 11 is 0. The lowest BCUT2D eigenvalue weighted by Crippen LogP contribution is -2.25. The lowest BCUT2D eigenvalue weighted by Gasteiger charge is -2.19. The molecule has 0 radical (unpaired) electrons. The van der Waals surface area contributed by atoms with E-state index in [1.807, 2.05) is 43.3 Å². The average molecular weight is 285 g/mol. The molecule has 3 nitrogen and oxygen atoms in total. The van der Waals surface area contributed by atoms with Gasteiger partial charge in [0.15, 0.2) is 0 Å². The number of nitrogens with one attached hydrogen (secondary N) is 1. The van der Waals surface area contributed by atoms with E-state index in [0.717, 1.165) is 16.9 Å². The van der Waals surface area contributed by atoms with Gasteiger partial charge in [0.05, 0.1) is 13.2 Å². The molecule has 2 rings (SSSR count). The zero-order chi connectivity index (χ0) is 15.2. The Morgan fingerprint density at radius 1 is 1.14 bits per heavy atom. The van der Waals surface area contributed by atoms with E-state index < -0.39 is 6.10 Å². The molecule has 0 saturated carbocycles. The van der Waals surface area contributed by atoms with Crippen LogP contribution in [0.1, 0.15) is 35.8 Å². The van der Waals surface area contributed by atoms with Crippen molar-refractivity contribution in [2.45, 2.75) is 26.0 Å². The van der Waals surface area contributed by atoms with E-state index in [2.05, 4.69) is 24.4 Å². The predicted molar refractivity (Wildman–Crippen MR) is 85.6 cm³/mol. The first-order valence-corrected chi connectivity index (χ1v) is 7.22. The van der Waals surface area contributed by atoms with Gasteiger partial charge in [-0.15, -0.1) is 0 Å². The Kier molecular flexibility index (Phi) is 5.37. The highest BCUT2D eigenvalue weighted by Crippen LogP contribution is 2.26. The summed E-state index contributed by atoms with van der Waals surface area (Å²) in [5.41, 5.74) is 3.15. The van der Waals surface area contributed by atoms with Gasteiger partial charge in [-0.2, -0.15) is 0 Å². The molecule has 3 heteroatoms. The molecular weight excluding hydrogens is 262 g/mol. The van der Waals surface area contributed by atoms with Crippen LogP contribution in [0.15, 0.2) is 48.5 Å². The van der Waals surface area contributed by atoms with Gasteiger partial charge in [-0.3, -0.25) is 0 Å².